The third-order valence-electron chi connectivity index (χ3n) is 3.05. The fourth-order valence-electron chi connectivity index (χ4n) is 1.85. The van der Waals surface area contributed by atoms with Gasteiger partial charge in [-0.25, -0.2) is 4.98 Å². The monoisotopic (exact) mass is 345 g/mol. The number of hydrogen-bond donors (Lipinski definition) is 0. The fraction of sp³-hybridized carbons (Fsp3) is 0.533. The second-order valence-electron chi connectivity index (χ2n) is 5.19. The van der Waals surface area contributed by atoms with Gasteiger partial charge < -0.3 is 4.90 Å². The number of alkyl halides is 3. The fourth-order valence-corrected chi connectivity index (χ4v) is 2.90. The zero-order valence-electron chi connectivity index (χ0n) is 13.2. The number of aromatic nitrogens is 1. The average Bonchev–Trinajstić information content (AvgIpc) is 2.45. The van der Waals surface area contributed by atoms with E-state index in [0.29, 0.717) is 25.0 Å². The minimum Gasteiger partial charge on any atom is -0.349 e. The lowest BCUT2D eigenvalue weighted by Gasteiger charge is -2.13. The molecule has 0 aliphatic heterocycles. The number of thioether (sulfide) groups is 1. The van der Waals surface area contributed by atoms with Crippen LogP contribution in [0.25, 0.3) is 0 Å². The quantitative estimate of drug-likeness (QED) is 0.583. The predicted octanol–water partition coefficient (Wildman–Crippen LogP) is 3.63. The summed E-state index contributed by atoms with van der Waals surface area (Å²) in [6.07, 6.45) is -2.88. The van der Waals surface area contributed by atoms with Crippen molar-refractivity contribution in [3.63, 3.8) is 0 Å². The maximum Gasteiger partial charge on any atom is 0.417 e. The van der Waals surface area contributed by atoms with E-state index in [2.05, 4.69) is 4.98 Å². The Labute approximate surface area is 137 Å². The predicted molar refractivity (Wildman–Crippen MR) is 82.0 cm³/mol. The standard InChI is InChI=1S/C15H18F3N3OS/c1-10-8-12(15(16,17)18)11(9-19)14(20-10)23-7-5-4-6-13(22)21(2)3/h8H,4-7H2,1-3H3. The molecule has 8 heteroatoms. The highest BCUT2D eigenvalue weighted by Crippen LogP contribution is 2.36. The summed E-state index contributed by atoms with van der Waals surface area (Å²) in [5, 5.41) is 9.13. The lowest BCUT2D eigenvalue weighted by atomic mass is 10.1. The number of amides is 1. The van der Waals surface area contributed by atoms with Crippen LogP contribution in [0, 0.1) is 18.3 Å². The Morgan fingerprint density at radius 1 is 1.39 bits per heavy atom. The van der Waals surface area contributed by atoms with Crippen molar-refractivity contribution in [1.29, 1.82) is 5.26 Å². The van der Waals surface area contributed by atoms with Gasteiger partial charge in [0.1, 0.15) is 11.1 Å². The largest absolute Gasteiger partial charge is 0.417 e. The number of pyridine rings is 1. The molecule has 0 aliphatic carbocycles. The van der Waals surface area contributed by atoms with Gasteiger partial charge in [0.25, 0.3) is 0 Å². The molecule has 1 heterocycles. The number of hydrogen-bond acceptors (Lipinski definition) is 4. The van der Waals surface area contributed by atoms with Gasteiger partial charge in [0.2, 0.25) is 5.91 Å². The van der Waals surface area contributed by atoms with E-state index in [1.165, 1.54) is 11.8 Å². The summed E-state index contributed by atoms with van der Waals surface area (Å²) < 4.78 is 38.9. The molecule has 1 aromatic rings. The summed E-state index contributed by atoms with van der Waals surface area (Å²) in [4.78, 5) is 17.0. The molecule has 0 N–H and O–H groups in total. The first-order valence-electron chi connectivity index (χ1n) is 6.98. The van der Waals surface area contributed by atoms with Crippen LogP contribution >= 0.6 is 11.8 Å². The molecule has 126 valence electrons. The zero-order chi connectivity index (χ0) is 17.6. The molecule has 0 unspecified atom stereocenters. The average molecular weight is 345 g/mol. The molecular weight excluding hydrogens is 327 g/mol. The van der Waals surface area contributed by atoms with Crippen LogP contribution in [-0.2, 0) is 11.0 Å². The zero-order valence-corrected chi connectivity index (χ0v) is 14.0. The van der Waals surface area contributed by atoms with E-state index in [1.807, 2.05) is 0 Å². The number of rotatable bonds is 6. The molecule has 0 bridgehead atoms. The second kappa shape index (κ2) is 8.20. The number of carbonyl (C=O) groups excluding carboxylic acids is 1. The van der Waals surface area contributed by atoms with Crippen LogP contribution in [0.5, 0.6) is 0 Å². The number of nitrogens with zero attached hydrogens (tertiary/aromatic N) is 3. The van der Waals surface area contributed by atoms with Gasteiger partial charge in [0.05, 0.1) is 11.1 Å². The van der Waals surface area contributed by atoms with Crippen LogP contribution in [-0.4, -0.2) is 35.6 Å². The Bertz CT molecular complexity index is 609. The van der Waals surface area contributed by atoms with E-state index >= 15 is 0 Å². The van der Waals surface area contributed by atoms with Gasteiger partial charge in [-0.3, -0.25) is 4.79 Å². The Morgan fingerprint density at radius 2 is 2.04 bits per heavy atom. The van der Waals surface area contributed by atoms with Crippen molar-refractivity contribution >= 4 is 17.7 Å². The summed E-state index contributed by atoms with van der Waals surface area (Å²) in [6.45, 7) is 1.47. The minimum absolute atomic E-state index is 0.0146. The SMILES string of the molecule is Cc1cc(C(F)(F)F)c(C#N)c(SCCCCC(=O)N(C)C)n1. The van der Waals surface area contributed by atoms with Crippen LogP contribution in [0.1, 0.15) is 36.1 Å². The molecular formula is C15H18F3N3OS. The first kappa shape index (κ1) is 19.3. The van der Waals surface area contributed by atoms with Gasteiger partial charge in [0.15, 0.2) is 0 Å². The molecule has 0 saturated carbocycles. The molecule has 1 rings (SSSR count). The summed E-state index contributed by atoms with van der Waals surface area (Å²) in [5.41, 5.74) is -1.16. The van der Waals surface area contributed by atoms with Gasteiger partial charge in [-0.2, -0.15) is 18.4 Å². The number of nitriles is 1. The number of unbranched alkanes of at least 4 members (excludes halogenated alkanes) is 1. The molecule has 0 atom stereocenters. The number of carbonyl (C=O) groups is 1. The Morgan fingerprint density at radius 3 is 2.57 bits per heavy atom. The lowest BCUT2D eigenvalue weighted by molar-refractivity contribution is -0.138. The van der Waals surface area contributed by atoms with Crippen LogP contribution in [0.2, 0.25) is 0 Å². The van der Waals surface area contributed by atoms with E-state index in [4.69, 9.17) is 5.26 Å². The summed E-state index contributed by atoms with van der Waals surface area (Å²) in [6, 6.07) is 2.50. The summed E-state index contributed by atoms with van der Waals surface area (Å²) in [7, 11) is 3.34. The molecule has 0 spiro atoms. The van der Waals surface area contributed by atoms with E-state index < -0.39 is 17.3 Å². The van der Waals surface area contributed by atoms with Crippen LogP contribution in [0.3, 0.4) is 0 Å². The number of halogens is 3. The van der Waals surface area contributed by atoms with Crippen molar-refractivity contribution in [1.82, 2.24) is 9.88 Å². The van der Waals surface area contributed by atoms with E-state index in [-0.39, 0.29) is 16.6 Å². The van der Waals surface area contributed by atoms with E-state index in [0.717, 1.165) is 17.8 Å². The molecule has 23 heavy (non-hydrogen) atoms. The van der Waals surface area contributed by atoms with Crippen molar-refractivity contribution < 1.29 is 18.0 Å². The molecule has 0 aliphatic rings. The van der Waals surface area contributed by atoms with Gasteiger partial charge in [-0.05, 0) is 31.6 Å². The molecule has 1 amide bonds. The summed E-state index contributed by atoms with van der Waals surface area (Å²) >= 11 is 1.12. The molecule has 0 fully saturated rings. The van der Waals surface area contributed by atoms with Crippen LogP contribution < -0.4 is 0 Å². The third kappa shape index (κ3) is 5.75. The molecule has 0 saturated heterocycles. The Hall–Kier alpha value is -1.75. The topological polar surface area (TPSA) is 57.0 Å². The van der Waals surface area contributed by atoms with E-state index in [9.17, 15) is 18.0 Å². The van der Waals surface area contributed by atoms with Crippen LogP contribution in [0.15, 0.2) is 11.1 Å². The molecule has 4 nitrogen and oxygen atoms in total. The normalized spacial score (nSPS) is 11.2. The third-order valence-corrected chi connectivity index (χ3v) is 4.12. The minimum atomic E-state index is -4.58. The first-order valence-corrected chi connectivity index (χ1v) is 7.97. The second-order valence-corrected chi connectivity index (χ2v) is 6.28. The van der Waals surface area contributed by atoms with Crippen molar-refractivity contribution in [2.75, 3.05) is 19.8 Å². The lowest BCUT2D eigenvalue weighted by Crippen LogP contribution is -2.21. The van der Waals surface area contributed by atoms with Crippen molar-refractivity contribution in [2.45, 2.75) is 37.4 Å². The smallest absolute Gasteiger partial charge is 0.349 e. The highest BCUT2D eigenvalue weighted by Gasteiger charge is 2.35. The van der Waals surface area contributed by atoms with Crippen molar-refractivity contribution in [3.05, 3.63) is 22.9 Å². The van der Waals surface area contributed by atoms with Crippen molar-refractivity contribution in [3.8, 4) is 6.07 Å². The number of aryl methyl sites for hydroxylation is 1. The first-order chi connectivity index (χ1) is 10.7. The Balaban J connectivity index is 2.73. The van der Waals surface area contributed by atoms with Crippen molar-refractivity contribution in [2.24, 2.45) is 0 Å². The highest BCUT2D eigenvalue weighted by atomic mass is 32.2. The highest BCUT2D eigenvalue weighted by molar-refractivity contribution is 7.99. The van der Waals surface area contributed by atoms with Gasteiger partial charge in [-0.1, -0.05) is 0 Å². The maximum atomic E-state index is 13.0. The Kier molecular flexibility index (Phi) is 6.88. The van der Waals surface area contributed by atoms with Crippen LogP contribution in [0.4, 0.5) is 13.2 Å². The van der Waals surface area contributed by atoms with Gasteiger partial charge in [-0.15, -0.1) is 11.8 Å². The molecule has 1 aromatic heterocycles. The summed E-state index contributed by atoms with van der Waals surface area (Å²) in [5.74, 6) is 0.518. The van der Waals surface area contributed by atoms with Gasteiger partial charge in [0, 0.05) is 26.2 Å². The maximum absolute atomic E-state index is 13.0. The molecule has 0 aromatic carbocycles. The van der Waals surface area contributed by atoms with Gasteiger partial charge >= 0.3 is 6.18 Å². The molecule has 0 radical (unpaired) electrons. The van der Waals surface area contributed by atoms with E-state index in [1.54, 1.807) is 20.2 Å².